The molecule has 1 aromatic rings. The van der Waals surface area contributed by atoms with E-state index in [0.29, 0.717) is 11.4 Å². The van der Waals surface area contributed by atoms with Gasteiger partial charge in [0.05, 0.1) is 12.8 Å². The molecule has 0 aliphatic carbocycles. The molecule has 0 saturated heterocycles. The van der Waals surface area contributed by atoms with Gasteiger partial charge in [-0.05, 0) is 18.9 Å². The summed E-state index contributed by atoms with van der Waals surface area (Å²) in [7, 11) is 1.36. The molecular weight excluding hydrogens is 220 g/mol. The minimum atomic E-state index is -0.364. The zero-order valence-corrected chi connectivity index (χ0v) is 10.2. The van der Waals surface area contributed by atoms with Crippen molar-refractivity contribution in [1.29, 1.82) is 0 Å². The second-order valence-corrected chi connectivity index (χ2v) is 3.98. The summed E-state index contributed by atoms with van der Waals surface area (Å²) >= 11 is 0. The smallest absolute Gasteiger partial charge is 0.354 e. The van der Waals surface area contributed by atoms with E-state index in [4.69, 9.17) is 10.8 Å². The number of esters is 1. The van der Waals surface area contributed by atoms with Gasteiger partial charge in [0.2, 0.25) is 0 Å². The minimum Gasteiger partial charge on any atom is -0.464 e. The topological polar surface area (TPSA) is 77.5 Å². The Hall–Kier alpha value is -1.49. The number of aromatic nitrogens is 1. The van der Waals surface area contributed by atoms with Gasteiger partial charge in [-0.3, -0.25) is 0 Å². The summed E-state index contributed by atoms with van der Waals surface area (Å²) in [5.74, 6) is -0.364. The van der Waals surface area contributed by atoms with Gasteiger partial charge in [-0.15, -0.1) is 0 Å². The van der Waals surface area contributed by atoms with Gasteiger partial charge in [0.25, 0.3) is 0 Å². The molecule has 0 saturated carbocycles. The number of hydrogen-bond donors (Lipinski definition) is 2. The van der Waals surface area contributed by atoms with E-state index in [1.807, 2.05) is 4.57 Å². The van der Waals surface area contributed by atoms with E-state index in [-0.39, 0.29) is 12.6 Å². The first-order chi connectivity index (χ1) is 8.19. The van der Waals surface area contributed by atoms with Gasteiger partial charge in [-0.2, -0.15) is 0 Å². The van der Waals surface area contributed by atoms with Crippen LogP contribution in [-0.4, -0.2) is 29.4 Å². The second kappa shape index (κ2) is 6.96. The summed E-state index contributed by atoms with van der Waals surface area (Å²) < 4.78 is 6.51. The monoisotopic (exact) mass is 240 g/mol. The van der Waals surface area contributed by atoms with Crippen LogP contribution in [0.25, 0.3) is 0 Å². The fourth-order valence-corrected chi connectivity index (χ4v) is 1.74. The number of hydrogen-bond acceptors (Lipinski definition) is 4. The van der Waals surface area contributed by atoms with E-state index >= 15 is 0 Å². The molecule has 1 heterocycles. The molecule has 0 atom stereocenters. The highest BCUT2D eigenvalue weighted by Gasteiger charge is 2.12. The van der Waals surface area contributed by atoms with Crippen molar-refractivity contribution in [1.82, 2.24) is 4.57 Å². The van der Waals surface area contributed by atoms with Crippen LogP contribution >= 0.6 is 0 Å². The Morgan fingerprint density at radius 1 is 1.41 bits per heavy atom. The Bertz CT molecular complexity index is 361. The lowest BCUT2D eigenvalue weighted by Crippen LogP contribution is -2.10. The van der Waals surface area contributed by atoms with Gasteiger partial charge in [-0.25, -0.2) is 4.79 Å². The summed E-state index contributed by atoms with van der Waals surface area (Å²) in [6, 6.07) is 1.62. The molecule has 0 fully saturated rings. The third-order valence-electron chi connectivity index (χ3n) is 2.62. The average molecular weight is 240 g/mol. The third kappa shape index (κ3) is 4.11. The molecule has 0 radical (unpaired) electrons. The molecule has 0 spiro atoms. The number of rotatable bonds is 7. The fraction of sp³-hybridized carbons (Fsp3) is 0.583. The number of carbonyl (C=O) groups is 1. The van der Waals surface area contributed by atoms with Crippen molar-refractivity contribution in [2.45, 2.75) is 32.2 Å². The summed E-state index contributed by atoms with van der Waals surface area (Å²) in [6.45, 7) is 0.983. The molecule has 0 aliphatic rings. The lowest BCUT2D eigenvalue weighted by Gasteiger charge is -2.07. The minimum absolute atomic E-state index is 0.240. The van der Waals surface area contributed by atoms with E-state index in [1.165, 1.54) is 7.11 Å². The maximum atomic E-state index is 11.5. The van der Waals surface area contributed by atoms with Crippen molar-refractivity contribution in [2.75, 3.05) is 19.5 Å². The number of carbonyl (C=O) groups excluding carboxylic acids is 1. The van der Waals surface area contributed by atoms with E-state index < -0.39 is 0 Å². The zero-order chi connectivity index (χ0) is 12.7. The molecule has 0 aromatic carbocycles. The molecule has 0 amide bonds. The zero-order valence-electron chi connectivity index (χ0n) is 10.2. The van der Waals surface area contributed by atoms with Crippen LogP contribution in [-0.2, 0) is 11.3 Å². The van der Waals surface area contributed by atoms with E-state index in [2.05, 4.69) is 4.74 Å². The Morgan fingerprint density at radius 2 is 2.12 bits per heavy atom. The number of anilines is 1. The highest BCUT2D eigenvalue weighted by molar-refractivity contribution is 5.88. The molecule has 17 heavy (non-hydrogen) atoms. The van der Waals surface area contributed by atoms with Gasteiger partial charge in [0.15, 0.2) is 0 Å². The molecule has 0 bridgehead atoms. The number of aliphatic hydroxyl groups is 1. The van der Waals surface area contributed by atoms with Gasteiger partial charge in [0.1, 0.15) is 5.69 Å². The number of nitrogens with zero attached hydrogens (tertiary/aromatic N) is 1. The quantitative estimate of drug-likeness (QED) is 0.558. The van der Waals surface area contributed by atoms with E-state index in [0.717, 1.165) is 32.2 Å². The van der Waals surface area contributed by atoms with E-state index in [9.17, 15) is 4.79 Å². The summed E-state index contributed by atoms with van der Waals surface area (Å²) in [6.07, 6.45) is 5.56. The number of ether oxygens (including phenoxy) is 1. The first kappa shape index (κ1) is 13.6. The number of methoxy groups -OCH3 is 1. The standard InChI is InChI=1S/C12H20N2O3/c1-17-12(16)11-8-10(13)9-14(11)6-4-2-3-5-7-15/h8-9,15H,2-7,13H2,1H3. The predicted octanol–water partition coefficient (Wildman–Crippen LogP) is 1.41. The van der Waals surface area contributed by atoms with Gasteiger partial charge >= 0.3 is 5.97 Å². The summed E-state index contributed by atoms with van der Waals surface area (Å²) in [5.41, 5.74) is 6.73. The SMILES string of the molecule is COC(=O)c1cc(N)cn1CCCCCCO. The molecular formula is C12H20N2O3. The van der Waals surface area contributed by atoms with Crippen LogP contribution in [0, 0.1) is 0 Å². The number of aryl methyl sites for hydroxylation is 1. The lowest BCUT2D eigenvalue weighted by molar-refractivity contribution is 0.0588. The molecule has 5 nitrogen and oxygen atoms in total. The average Bonchev–Trinajstić information content (AvgIpc) is 2.69. The van der Waals surface area contributed by atoms with Crippen molar-refractivity contribution in [3.8, 4) is 0 Å². The molecule has 5 heteroatoms. The number of nitrogens with two attached hydrogens (primary N) is 1. The first-order valence-corrected chi connectivity index (χ1v) is 5.84. The number of nitrogen functional groups attached to an aromatic ring is 1. The molecule has 96 valence electrons. The van der Waals surface area contributed by atoms with Crippen LogP contribution in [0.3, 0.4) is 0 Å². The van der Waals surface area contributed by atoms with Crippen molar-refractivity contribution in [2.24, 2.45) is 0 Å². The van der Waals surface area contributed by atoms with Crippen LogP contribution in [0.2, 0.25) is 0 Å². The highest BCUT2D eigenvalue weighted by Crippen LogP contribution is 2.13. The van der Waals surface area contributed by atoms with Crippen LogP contribution < -0.4 is 5.73 Å². The largest absolute Gasteiger partial charge is 0.464 e. The van der Waals surface area contributed by atoms with Crippen LogP contribution in [0.4, 0.5) is 5.69 Å². The normalized spacial score (nSPS) is 10.5. The van der Waals surface area contributed by atoms with Crippen LogP contribution in [0.1, 0.15) is 36.2 Å². The Balaban J connectivity index is 2.49. The highest BCUT2D eigenvalue weighted by atomic mass is 16.5. The molecule has 3 N–H and O–H groups in total. The maximum Gasteiger partial charge on any atom is 0.354 e. The molecule has 0 aliphatic heterocycles. The van der Waals surface area contributed by atoms with Crippen molar-refractivity contribution in [3.63, 3.8) is 0 Å². The molecule has 1 aromatic heterocycles. The fourth-order valence-electron chi connectivity index (χ4n) is 1.74. The summed E-state index contributed by atoms with van der Waals surface area (Å²) in [4.78, 5) is 11.5. The van der Waals surface area contributed by atoms with Crippen molar-refractivity contribution < 1.29 is 14.6 Å². The predicted molar refractivity (Wildman–Crippen MR) is 65.7 cm³/mol. The maximum absolute atomic E-state index is 11.5. The Kier molecular flexibility index (Phi) is 5.56. The Morgan fingerprint density at radius 3 is 2.76 bits per heavy atom. The molecule has 0 unspecified atom stereocenters. The van der Waals surface area contributed by atoms with Gasteiger partial charge < -0.3 is 20.1 Å². The summed E-state index contributed by atoms with van der Waals surface area (Å²) in [5, 5.41) is 8.65. The van der Waals surface area contributed by atoms with Crippen LogP contribution in [0.15, 0.2) is 12.3 Å². The lowest BCUT2D eigenvalue weighted by atomic mass is 10.2. The number of unbranched alkanes of at least 4 members (excludes halogenated alkanes) is 3. The van der Waals surface area contributed by atoms with Crippen LogP contribution in [0.5, 0.6) is 0 Å². The second-order valence-electron chi connectivity index (χ2n) is 3.98. The van der Waals surface area contributed by atoms with Gasteiger partial charge in [0, 0.05) is 19.3 Å². The Labute approximate surface area is 101 Å². The van der Waals surface area contributed by atoms with E-state index in [1.54, 1.807) is 12.3 Å². The molecule has 1 rings (SSSR count). The number of aliphatic hydroxyl groups excluding tert-OH is 1. The third-order valence-corrected chi connectivity index (χ3v) is 2.62. The van der Waals surface area contributed by atoms with Crippen molar-refractivity contribution >= 4 is 11.7 Å². The van der Waals surface area contributed by atoms with Gasteiger partial charge in [-0.1, -0.05) is 12.8 Å². The first-order valence-electron chi connectivity index (χ1n) is 5.84. The van der Waals surface area contributed by atoms with Crippen molar-refractivity contribution in [3.05, 3.63) is 18.0 Å².